The lowest BCUT2D eigenvalue weighted by molar-refractivity contribution is -0.114. The van der Waals surface area contributed by atoms with Crippen LogP contribution >= 0.6 is 23.4 Å². The number of anilines is 2. The van der Waals surface area contributed by atoms with Crippen molar-refractivity contribution in [3.05, 3.63) is 53.6 Å². The predicted molar refractivity (Wildman–Crippen MR) is 104 cm³/mol. The zero-order valence-electron chi connectivity index (χ0n) is 13.8. The zero-order chi connectivity index (χ0) is 18.1. The molecule has 2 aromatic carbocycles. The third-order valence-corrected chi connectivity index (χ3v) is 4.23. The van der Waals surface area contributed by atoms with E-state index in [9.17, 15) is 9.59 Å². The van der Waals surface area contributed by atoms with Crippen molar-refractivity contribution in [3.63, 3.8) is 0 Å². The first kappa shape index (κ1) is 19.1. The van der Waals surface area contributed by atoms with Crippen molar-refractivity contribution in [2.24, 2.45) is 0 Å². The fourth-order valence-corrected chi connectivity index (χ4v) is 2.71. The SMILES string of the molecule is CCOc1ccc(NC(=O)CSCC(=O)Nc2ccc(Cl)cc2)cc1. The molecule has 0 saturated carbocycles. The molecule has 0 aliphatic heterocycles. The van der Waals surface area contributed by atoms with E-state index in [4.69, 9.17) is 16.3 Å². The summed E-state index contributed by atoms with van der Waals surface area (Å²) in [5.74, 6) is 0.823. The van der Waals surface area contributed by atoms with Gasteiger partial charge >= 0.3 is 0 Å². The Morgan fingerprint density at radius 3 is 1.88 bits per heavy atom. The van der Waals surface area contributed by atoms with Gasteiger partial charge in [-0.05, 0) is 55.5 Å². The van der Waals surface area contributed by atoms with Gasteiger partial charge in [0.2, 0.25) is 11.8 Å². The van der Waals surface area contributed by atoms with E-state index in [2.05, 4.69) is 10.6 Å². The summed E-state index contributed by atoms with van der Waals surface area (Å²) in [6.07, 6.45) is 0. The monoisotopic (exact) mass is 378 g/mol. The molecule has 0 bridgehead atoms. The number of amides is 2. The number of hydrogen-bond acceptors (Lipinski definition) is 4. The lowest BCUT2D eigenvalue weighted by Crippen LogP contribution is -2.18. The summed E-state index contributed by atoms with van der Waals surface area (Å²) in [5, 5.41) is 6.14. The van der Waals surface area contributed by atoms with Crippen molar-refractivity contribution < 1.29 is 14.3 Å². The van der Waals surface area contributed by atoms with E-state index < -0.39 is 0 Å². The second-order valence-electron chi connectivity index (χ2n) is 5.05. The minimum absolute atomic E-state index is 0.159. The number of benzene rings is 2. The highest BCUT2D eigenvalue weighted by atomic mass is 35.5. The van der Waals surface area contributed by atoms with Crippen LogP contribution in [0.4, 0.5) is 11.4 Å². The summed E-state index contributed by atoms with van der Waals surface area (Å²) in [6, 6.07) is 14.0. The molecule has 5 nitrogen and oxygen atoms in total. The van der Waals surface area contributed by atoms with Gasteiger partial charge in [0, 0.05) is 16.4 Å². The van der Waals surface area contributed by atoms with E-state index in [0.29, 0.717) is 23.0 Å². The Morgan fingerprint density at radius 1 is 0.920 bits per heavy atom. The van der Waals surface area contributed by atoms with E-state index in [1.54, 1.807) is 48.5 Å². The van der Waals surface area contributed by atoms with Crippen LogP contribution in [0.3, 0.4) is 0 Å². The van der Waals surface area contributed by atoms with Gasteiger partial charge in [0.1, 0.15) is 5.75 Å². The summed E-state index contributed by atoms with van der Waals surface area (Å²) in [7, 11) is 0. The molecule has 132 valence electrons. The molecule has 2 N–H and O–H groups in total. The number of halogens is 1. The fraction of sp³-hybridized carbons (Fsp3) is 0.222. The molecule has 0 aromatic heterocycles. The first-order valence-electron chi connectivity index (χ1n) is 7.72. The van der Waals surface area contributed by atoms with Crippen molar-refractivity contribution in [2.45, 2.75) is 6.92 Å². The topological polar surface area (TPSA) is 67.4 Å². The Bertz CT molecular complexity index is 705. The van der Waals surface area contributed by atoms with Gasteiger partial charge in [-0.1, -0.05) is 11.6 Å². The Morgan fingerprint density at radius 2 is 1.40 bits per heavy atom. The van der Waals surface area contributed by atoms with E-state index in [0.717, 1.165) is 5.75 Å². The van der Waals surface area contributed by atoms with E-state index >= 15 is 0 Å². The molecular weight excluding hydrogens is 360 g/mol. The molecule has 0 unspecified atom stereocenters. The number of thioether (sulfide) groups is 1. The van der Waals surface area contributed by atoms with E-state index in [1.165, 1.54) is 11.8 Å². The average molecular weight is 379 g/mol. The Balaban J connectivity index is 1.69. The molecule has 0 saturated heterocycles. The molecule has 7 heteroatoms. The predicted octanol–water partition coefficient (Wildman–Crippen LogP) is 4.05. The maximum Gasteiger partial charge on any atom is 0.234 e. The van der Waals surface area contributed by atoms with E-state index in [-0.39, 0.29) is 23.3 Å². The van der Waals surface area contributed by atoms with Crippen molar-refractivity contribution in [3.8, 4) is 5.75 Å². The lowest BCUT2D eigenvalue weighted by atomic mass is 10.3. The third kappa shape index (κ3) is 7.07. The summed E-state index contributed by atoms with van der Waals surface area (Å²) < 4.78 is 5.34. The minimum Gasteiger partial charge on any atom is -0.494 e. The van der Waals surface area contributed by atoms with Crippen LogP contribution in [0.15, 0.2) is 48.5 Å². The van der Waals surface area contributed by atoms with Crippen molar-refractivity contribution in [2.75, 3.05) is 28.7 Å². The van der Waals surface area contributed by atoms with Gasteiger partial charge in [0.05, 0.1) is 18.1 Å². The largest absolute Gasteiger partial charge is 0.494 e. The fourth-order valence-electron chi connectivity index (χ4n) is 1.96. The molecule has 0 aliphatic rings. The normalized spacial score (nSPS) is 10.2. The minimum atomic E-state index is -0.166. The zero-order valence-corrected chi connectivity index (χ0v) is 15.3. The molecule has 25 heavy (non-hydrogen) atoms. The molecule has 2 rings (SSSR count). The van der Waals surface area contributed by atoms with Crippen LogP contribution in [-0.4, -0.2) is 29.9 Å². The molecule has 2 amide bonds. The molecule has 0 fully saturated rings. The smallest absolute Gasteiger partial charge is 0.234 e. The van der Waals surface area contributed by atoms with Crippen molar-refractivity contribution in [1.29, 1.82) is 0 Å². The highest BCUT2D eigenvalue weighted by Crippen LogP contribution is 2.16. The van der Waals surface area contributed by atoms with Gasteiger partial charge in [-0.3, -0.25) is 9.59 Å². The van der Waals surface area contributed by atoms with Gasteiger partial charge in [-0.15, -0.1) is 11.8 Å². The van der Waals surface area contributed by atoms with Crippen LogP contribution < -0.4 is 15.4 Å². The van der Waals surface area contributed by atoms with Crippen LogP contribution in [0, 0.1) is 0 Å². The van der Waals surface area contributed by atoms with Gasteiger partial charge in [-0.25, -0.2) is 0 Å². The maximum atomic E-state index is 11.9. The molecule has 0 radical (unpaired) electrons. The van der Waals surface area contributed by atoms with Crippen LogP contribution in [0.25, 0.3) is 0 Å². The molecule has 0 heterocycles. The number of rotatable bonds is 8. The van der Waals surface area contributed by atoms with Crippen molar-refractivity contribution in [1.82, 2.24) is 0 Å². The average Bonchev–Trinajstić information content (AvgIpc) is 2.59. The number of carbonyl (C=O) groups excluding carboxylic acids is 2. The third-order valence-electron chi connectivity index (χ3n) is 3.04. The van der Waals surface area contributed by atoms with Gasteiger partial charge in [-0.2, -0.15) is 0 Å². The Hall–Kier alpha value is -2.18. The van der Waals surface area contributed by atoms with Gasteiger partial charge in [0.15, 0.2) is 0 Å². The Labute approximate surface area is 156 Å². The molecule has 0 spiro atoms. The van der Waals surface area contributed by atoms with Gasteiger partial charge < -0.3 is 15.4 Å². The molecule has 0 aliphatic carbocycles. The van der Waals surface area contributed by atoms with Crippen LogP contribution in [-0.2, 0) is 9.59 Å². The van der Waals surface area contributed by atoms with Crippen LogP contribution in [0.2, 0.25) is 5.02 Å². The van der Waals surface area contributed by atoms with Crippen LogP contribution in [0.1, 0.15) is 6.92 Å². The second-order valence-corrected chi connectivity index (χ2v) is 6.48. The summed E-state index contributed by atoms with van der Waals surface area (Å²) in [6.45, 7) is 2.51. The number of nitrogens with one attached hydrogen (secondary N) is 2. The molecule has 0 atom stereocenters. The first-order valence-corrected chi connectivity index (χ1v) is 9.26. The Kier molecular flexibility index (Phi) is 7.63. The van der Waals surface area contributed by atoms with Crippen molar-refractivity contribution >= 4 is 46.6 Å². The molecule has 2 aromatic rings. The summed E-state index contributed by atoms with van der Waals surface area (Å²) in [5.41, 5.74) is 1.37. The summed E-state index contributed by atoms with van der Waals surface area (Å²) in [4.78, 5) is 23.7. The number of hydrogen-bond donors (Lipinski definition) is 2. The second kappa shape index (κ2) is 9.96. The standard InChI is InChI=1S/C18H19ClN2O3S/c1-2-24-16-9-7-15(8-10-16)21-18(23)12-25-11-17(22)20-14-5-3-13(19)4-6-14/h3-10H,2,11-12H2,1H3,(H,20,22)(H,21,23). The maximum absolute atomic E-state index is 11.9. The lowest BCUT2D eigenvalue weighted by Gasteiger charge is -2.07. The summed E-state index contributed by atoms with van der Waals surface area (Å²) >= 11 is 7.04. The highest BCUT2D eigenvalue weighted by molar-refractivity contribution is 8.00. The number of ether oxygens (including phenoxy) is 1. The van der Waals surface area contributed by atoms with E-state index in [1.807, 2.05) is 6.92 Å². The van der Waals surface area contributed by atoms with Gasteiger partial charge in [0.25, 0.3) is 0 Å². The highest BCUT2D eigenvalue weighted by Gasteiger charge is 2.07. The molecular formula is C18H19ClN2O3S. The quantitative estimate of drug-likeness (QED) is 0.727. The first-order chi connectivity index (χ1) is 12.1. The number of carbonyl (C=O) groups is 2. The van der Waals surface area contributed by atoms with Crippen LogP contribution in [0.5, 0.6) is 5.75 Å².